The van der Waals surface area contributed by atoms with Crippen molar-refractivity contribution in [3.8, 4) is 11.3 Å². The van der Waals surface area contributed by atoms with E-state index >= 15 is 0 Å². The first-order valence-corrected chi connectivity index (χ1v) is 10.00. The molecule has 0 saturated carbocycles. The van der Waals surface area contributed by atoms with Crippen molar-refractivity contribution in [1.29, 1.82) is 0 Å². The first-order chi connectivity index (χ1) is 15.8. The Morgan fingerprint density at radius 3 is 2.55 bits per heavy atom. The zero-order valence-electron chi connectivity index (χ0n) is 17.2. The van der Waals surface area contributed by atoms with Crippen LogP contribution in [-0.2, 0) is 20.0 Å². The van der Waals surface area contributed by atoms with Gasteiger partial charge in [-0.2, -0.15) is 5.10 Å². The van der Waals surface area contributed by atoms with Gasteiger partial charge in [0.1, 0.15) is 17.0 Å². The van der Waals surface area contributed by atoms with E-state index in [1.807, 2.05) is 0 Å². The minimum atomic E-state index is -2.94. The molecule has 0 spiro atoms. The van der Waals surface area contributed by atoms with E-state index in [0.717, 1.165) is 12.1 Å². The summed E-state index contributed by atoms with van der Waals surface area (Å²) in [6, 6.07) is 6.56. The highest BCUT2D eigenvalue weighted by atomic mass is 19.3. The Hall–Kier alpha value is -3.76. The second-order valence-electron chi connectivity index (χ2n) is 7.70. The number of rotatable bonds is 3. The predicted molar refractivity (Wildman–Crippen MR) is 107 cm³/mol. The molecule has 6 nitrogen and oxygen atoms in total. The number of fused-ring (bicyclic) bond motifs is 2. The predicted octanol–water partition coefficient (Wildman–Crippen LogP) is 4.29. The third-order valence-electron chi connectivity index (χ3n) is 5.71. The molecule has 1 aliphatic rings. The van der Waals surface area contributed by atoms with Crippen LogP contribution in [0.15, 0.2) is 36.5 Å². The van der Waals surface area contributed by atoms with Gasteiger partial charge in [-0.15, -0.1) is 0 Å². The number of pyridine rings is 1. The molecule has 11 heteroatoms. The molecule has 5 rings (SSSR count). The monoisotopic (exact) mass is 461 g/mol. The van der Waals surface area contributed by atoms with Crippen LogP contribution in [-0.4, -0.2) is 36.5 Å². The van der Waals surface area contributed by atoms with Crippen molar-refractivity contribution >= 4 is 11.6 Å². The third kappa shape index (κ3) is 3.35. The summed E-state index contributed by atoms with van der Waals surface area (Å²) in [4.78, 5) is 18.5. The first kappa shape index (κ1) is 21.1. The molecule has 0 radical (unpaired) electrons. The number of carbonyl (C=O) groups is 1. The van der Waals surface area contributed by atoms with E-state index in [-0.39, 0.29) is 36.4 Å². The normalized spacial score (nSPS) is 13.7. The van der Waals surface area contributed by atoms with Gasteiger partial charge in [-0.1, -0.05) is 6.07 Å². The Morgan fingerprint density at radius 2 is 1.85 bits per heavy atom. The van der Waals surface area contributed by atoms with Crippen LogP contribution >= 0.6 is 0 Å². The maximum Gasteiger partial charge on any atom is 0.282 e. The van der Waals surface area contributed by atoms with Gasteiger partial charge in [0, 0.05) is 30.9 Å². The van der Waals surface area contributed by atoms with Gasteiger partial charge in [0.15, 0.2) is 17.5 Å². The molecule has 170 valence electrons. The molecule has 1 aliphatic heterocycles. The summed E-state index contributed by atoms with van der Waals surface area (Å²) in [7, 11) is 1.57. The van der Waals surface area contributed by atoms with E-state index < -0.39 is 35.5 Å². The first-order valence-electron chi connectivity index (χ1n) is 10.00. The third-order valence-corrected chi connectivity index (χ3v) is 5.71. The zero-order valence-corrected chi connectivity index (χ0v) is 17.2. The molecule has 0 saturated heterocycles. The molecule has 0 unspecified atom stereocenters. The Bertz CT molecular complexity index is 1390. The van der Waals surface area contributed by atoms with Crippen LogP contribution in [0.4, 0.5) is 22.0 Å². The average Bonchev–Trinajstić information content (AvgIpc) is 3.33. The minimum Gasteiger partial charge on any atom is -0.331 e. The Labute approximate surface area is 183 Å². The summed E-state index contributed by atoms with van der Waals surface area (Å²) < 4.78 is 70.9. The molecular formula is C22H16F5N5O. The van der Waals surface area contributed by atoms with Crippen LogP contribution in [0, 0.1) is 17.5 Å². The van der Waals surface area contributed by atoms with Crippen molar-refractivity contribution < 1.29 is 26.7 Å². The molecule has 0 fully saturated rings. The number of amides is 1. The van der Waals surface area contributed by atoms with Gasteiger partial charge in [-0.25, -0.2) is 26.9 Å². The number of hydrogen-bond donors (Lipinski definition) is 0. The Balaban J connectivity index is 1.52. The fourth-order valence-electron chi connectivity index (χ4n) is 4.27. The Kier molecular flexibility index (Phi) is 4.91. The van der Waals surface area contributed by atoms with Gasteiger partial charge < -0.3 is 4.90 Å². The largest absolute Gasteiger partial charge is 0.331 e. The number of aryl methyl sites for hydroxylation is 1. The lowest BCUT2D eigenvalue weighted by atomic mass is 9.99. The number of nitrogens with zero attached hydrogens (tertiary/aromatic N) is 5. The van der Waals surface area contributed by atoms with Crippen molar-refractivity contribution in [1.82, 2.24) is 24.1 Å². The van der Waals surface area contributed by atoms with Crippen LogP contribution in [0.2, 0.25) is 0 Å². The molecule has 1 aromatic carbocycles. The maximum atomic E-state index is 13.8. The van der Waals surface area contributed by atoms with Crippen molar-refractivity contribution in [3.05, 3.63) is 76.6 Å². The van der Waals surface area contributed by atoms with E-state index in [9.17, 15) is 26.7 Å². The van der Waals surface area contributed by atoms with Crippen LogP contribution < -0.4 is 0 Å². The summed E-state index contributed by atoms with van der Waals surface area (Å²) in [5.74, 6) is -4.82. The van der Waals surface area contributed by atoms with Crippen LogP contribution in [0.25, 0.3) is 16.9 Å². The fraction of sp³-hybridized carbons (Fsp3) is 0.227. The summed E-state index contributed by atoms with van der Waals surface area (Å²) in [5.41, 5.74) is 1.04. The second-order valence-corrected chi connectivity index (χ2v) is 7.70. The van der Waals surface area contributed by atoms with E-state index in [4.69, 9.17) is 0 Å². The summed E-state index contributed by atoms with van der Waals surface area (Å²) in [5, 5.41) is 4.36. The quantitative estimate of drug-likeness (QED) is 0.338. The molecular weight excluding hydrogens is 445 g/mol. The number of alkyl halides is 2. The fourth-order valence-corrected chi connectivity index (χ4v) is 4.27. The molecule has 4 aromatic rings. The topological polar surface area (TPSA) is 55.4 Å². The lowest BCUT2D eigenvalue weighted by Crippen LogP contribution is -2.37. The highest BCUT2D eigenvalue weighted by Crippen LogP contribution is 2.33. The van der Waals surface area contributed by atoms with Crippen molar-refractivity contribution in [2.24, 2.45) is 7.05 Å². The molecule has 3 aromatic heterocycles. The smallest absolute Gasteiger partial charge is 0.282 e. The highest BCUT2D eigenvalue weighted by molar-refractivity contribution is 5.95. The van der Waals surface area contributed by atoms with E-state index in [1.165, 1.54) is 26.2 Å². The van der Waals surface area contributed by atoms with E-state index in [1.54, 1.807) is 19.2 Å². The number of carbonyl (C=O) groups excluding carboxylic acids is 1. The van der Waals surface area contributed by atoms with Gasteiger partial charge in [0.05, 0.1) is 17.9 Å². The van der Waals surface area contributed by atoms with Crippen LogP contribution in [0.1, 0.15) is 33.9 Å². The Morgan fingerprint density at radius 1 is 1.12 bits per heavy atom. The minimum absolute atomic E-state index is 0.0108. The lowest BCUT2D eigenvalue weighted by molar-refractivity contribution is 0.0712. The van der Waals surface area contributed by atoms with Gasteiger partial charge in [0.2, 0.25) is 0 Å². The molecule has 33 heavy (non-hydrogen) atoms. The average molecular weight is 461 g/mol. The maximum absolute atomic E-state index is 13.8. The molecule has 0 atom stereocenters. The number of halogens is 5. The number of hydrogen-bond acceptors (Lipinski definition) is 3. The van der Waals surface area contributed by atoms with Crippen LogP contribution in [0.5, 0.6) is 0 Å². The summed E-state index contributed by atoms with van der Waals surface area (Å²) in [6.45, 7) is 0.177. The number of aromatic nitrogens is 4. The van der Waals surface area contributed by atoms with E-state index in [2.05, 4.69) is 10.1 Å². The molecule has 4 heterocycles. The van der Waals surface area contributed by atoms with Crippen molar-refractivity contribution in [2.45, 2.75) is 19.4 Å². The van der Waals surface area contributed by atoms with Crippen LogP contribution in [0.3, 0.4) is 0 Å². The second kappa shape index (κ2) is 7.68. The van der Waals surface area contributed by atoms with Gasteiger partial charge in [-0.3, -0.25) is 13.9 Å². The zero-order chi connectivity index (χ0) is 23.4. The van der Waals surface area contributed by atoms with Gasteiger partial charge in [0.25, 0.3) is 12.3 Å². The highest BCUT2D eigenvalue weighted by Gasteiger charge is 2.33. The summed E-state index contributed by atoms with van der Waals surface area (Å²) >= 11 is 0. The molecule has 0 aliphatic carbocycles. The van der Waals surface area contributed by atoms with Crippen molar-refractivity contribution in [2.75, 3.05) is 6.54 Å². The molecule has 1 amide bonds. The van der Waals surface area contributed by atoms with Gasteiger partial charge >= 0.3 is 0 Å². The molecule has 0 bridgehead atoms. The van der Waals surface area contributed by atoms with E-state index in [0.29, 0.717) is 17.0 Å². The van der Waals surface area contributed by atoms with Gasteiger partial charge in [-0.05, 0) is 30.7 Å². The summed E-state index contributed by atoms with van der Waals surface area (Å²) in [6.07, 6.45) is -1.17. The lowest BCUT2D eigenvalue weighted by Gasteiger charge is -2.26. The number of imidazole rings is 1. The van der Waals surface area contributed by atoms with Crippen molar-refractivity contribution in [3.63, 3.8) is 0 Å². The standard InChI is InChI=1S/C22H16F5N5O/c1-30-19(11-8-13(23)17(25)14(24)9-11)12-5-7-31(10-15(12)29-30)22(33)20-18(21(26)27)28-16-4-2-3-6-32(16)20/h2-4,6,8-9,21H,5,7,10H2,1H3. The SMILES string of the molecule is Cn1nc2c(c1-c1cc(F)c(F)c(F)c1)CCN(C(=O)c1c(C(F)F)nc3ccccn13)C2. The molecule has 0 N–H and O–H groups in total. The number of benzene rings is 1.